The third-order valence-corrected chi connectivity index (χ3v) is 15.9. The SMILES string of the molecule is Cc1ncsc1-c1ccc([C@H](CCCCCO)NC(=O)[C@@H]2C[C@@H](O[Si](C)(C)C(C)(C)C)CN2C(=O)[C@@H](NC(=O)C2(F)CC2)C(C)(C)C)cc1. The second-order valence-electron chi connectivity index (χ2n) is 16.5. The summed E-state index contributed by atoms with van der Waals surface area (Å²) in [6, 6.07) is 5.98. The van der Waals surface area contributed by atoms with Crippen molar-refractivity contribution in [1.29, 1.82) is 0 Å². The van der Waals surface area contributed by atoms with Gasteiger partial charge in [-0.25, -0.2) is 9.37 Å². The van der Waals surface area contributed by atoms with Crippen molar-refractivity contribution in [1.82, 2.24) is 20.5 Å². The summed E-state index contributed by atoms with van der Waals surface area (Å²) in [5, 5.41) is 15.3. The molecule has 1 saturated heterocycles. The minimum Gasteiger partial charge on any atom is -0.412 e. The van der Waals surface area contributed by atoms with Gasteiger partial charge in [0.1, 0.15) is 12.1 Å². The summed E-state index contributed by atoms with van der Waals surface area (Å²) in [4.78, 5) is 48.7. The van der Waals surface area contributed by atoms with Gasteiger partial charge in [0.05, 0.1) is 28.2 Å². The molecule has 3 amide bonds. The smallest absolute Gasteiger partial charge is 0.258 e. The topological polar surface area (TPSA) is 121 Å². The minimum absolute atomic E-state index is 0.0760. The Morgan fingerprint density at radius 1 is 1.08 bits per heavy atom. The lowest BCUT2D eigenvalue weighted by Gasteiger charge is -2.38. The summed E-state index contributed by atoms with van der Waals surface area (Å²) in [6.07, 6.45) is 3.21. The Bertz CT molecular complexity index is 1460. The number of carbonyl (C=O) groups is 3. The summed E-state index contributed by atoms with van der Waals surface area (Å²) < 4.78 is 21.6. The molecule has 1 aromatic heterocycles. The van der Waals surface area contributed by atoms with Gasteiger partial charge in [0.2, 0.25) is 11.8 Å². The van der Waals surface area contributed by atoms with Crippen LogP contribution in [0, 0.1) is 12.3 Å². The molecule has 2 heterocycles. The molecular weight excluding hydrogens is 660 g/mol. The molecule has 0 radical (unpaired) electrons. The highest BCUT2D eigenvalue weighted by Crippen LogP contribution is 2.41. The van der Waals surface area contributed by atoms with Gasteiger partial charge in [0.15, 0.2) is 14.0 Å². The Labute approximate surface area is 296 Å². The van der Waals surface area contributed by atoms with Crippen molar-refractivity contribution >= 4 is 37.4 Å². The average Bonchev–Trinajstić information content (AvgIpc) is 3.41. The van der Waals surface area contributed by atoms with Crippen molar-refractivity contribution in [3.63, 3.8) is 0 Å². The van der Waals surface area contributed by atoms with Gasteiger partial charge in [-0.1, -0.05) is 78.6 Å². The molecule has 2 aliphatic rings. The molecule has 12 heteroatoms. The molecule has 272 valence electrons. The van der Waals surface area contributed by atoms with Gasteiger partial charge in [-0.2, -0.15) is 0 Å². The maximum atomic E-state index is 14.8. The monoisotopic (exact) mass is 716 g/mol. The molecule has 0 unspecified atom stereocenters. The standard InChI is InChI=1S/C37H57FN4O5SSi/c1-24-30(48-23-39-24)26-16-14-25(15-17-26)28(13-11-10-12-20-43)40-32(44)29-21-27(47-49(8,9)36(5,6)7)22-42(29)33(45)31(35(2,3)4)41-34(46)37(38)18-19-37/h14-17,23,27-29,31,43H,10-13,18-22H2,1-9H3,(H,40,44)(H,41,46)/t27-,28+,29+,31-/m1/s1. The van der Waals surface area contributed by atoms with Crippen LogP contribution in [-0.4, -0.2) is 78.0 Å². The average molecular weight is 717 g/mol. The molecule has 3 N–H and O–H groups in total. The number of hydrogen-bond acceptors (Lipinski definition) is 7. The van der Waals surface area contributed by atoms with E-state index in [0.717, 1.165) is 34.5 Å². The van der Waals surface area contributed by atoms with Gasteiger partial charge in [0, 0.05) is 19.6 Å². The Hall–Kier alpha value is -2.67. The van der Waals surface area contributed by atoms with Gasteiger partial charge in [0.25, 0.3) is 5.91 Å². The number of alkyl halides is 1. The highest BCUT2D eigenvalue weighted by molar-refractivity contribution is 7.13. The number of aliphatic hydroxyl groups is 1. The number of rotatable bonds is 14. The maximum Gasteiger partial charge on any atom is 0.258 e. The van der Waals surface area contributed by atoms with E-state index < -0.39 is 43.3 Å². The van der Waals surface area contributed by atoms with E-state index in [0.29, 0.717) is 19.3 Å². The van der Waals surface area contributed by atoms with E-state index in [1.54, 1.807) is 16.2 Å². The zero-order valence-electron chi connectivity index (χ0n) is 30.8. The number of likely N-dealkylation sites (tertiary alicyclic amines) is 1. The van der Waals surface area contributed by atoms with Crippen LogP contribution in [0.1, 0.15) is 104 Å². The summed E-state index contributed by atoms with van der Waals surface area (Å²) >= 11 is 1.59. The van der Waals surface area contributed by atoms with E-state index >= 15 is 0 Å². The quantitative estimate of drug-likeness (QED) is 0.145. The number of hydrogen-bond donors (Lipinski definition) is 3. The number of amides is 3. The molecule has 1 aliphatic heterocycles. The van der Waals surface area contributed by atoms with Gasteiger partial charge in [-0.15, -0.1) is 11.3 Å². The molecule has 4 rings (SSSR count). The number of carbonyl (C=O) groups excluding carboxylic acids is 3. The third-order valence-electron chi connectivity index (χ3n) is 10.4. The lowest BCUT2D eigenvalue weighted by Crippen LogP contribution is -2.59. The van der Waals surface area contributed by atoms with E-state index in [-0.39, 0.29) is 49.1 Å². The van der Waals surface area contributed by atoms with Crippen molar-refractivity contribution in [2.45, 2.75) is 141 Å². The molecule has 2 fully saturated rings. The maximum absolute atomic E-state index is 14.8. The number of unbranched alkanes of at least 4 members (excludes halogenated alkanes) is 2. The second kappa shape index (κ2) is 15.3. The number of halogens is 1. The van der Waals surface area contributed by atoms with Crippen LogP contribution in [0.5, 0.6) is 0 Å². The Balaban J connectivity index is 1.62. The predicted molar refractivity (Wildman–Crippen MR) is 195 cm³/mol. The first-order valence-corrected chi connectivity index (χ1v) is 21.5. The summed E-state index contributed by atoms with van der Waals surface area (Å²) in [6.45, 7) is 18.6. The first kappa shape index (κ1) is 39.1. The van der Waals surface area contributed by atoms with E-state index in [2.05, 4.69) is 49.5 Å². The molecule has 0 bridgehead atoms. The van der Waals surface area contributed by atoms with Gasteiger partial charge in [-0.05, 0) is 67.3 Å². The number of aliphatic hydroxyl groups excluding tert-OH is 1. The molecule has 0 spiro atoms. The van der Waals surface area contributed by atoms with Crippen molar-refractivity contribution in [3.05, 3.63) is 41.0 Å². The zero-order valence-corrected chi connectivity index (χ0v) is 32.6. The lowest BCUT2D eigenvalue weighted by molar-refractivity contribution is -0.145. The fourth-order valence-electron chi connectivity index (χ4n) is 6.05. The van der Waals surface area contributed by atoms with Crippen LogP contribution in [0.4, 0.5) is 4.39 Å². The number of aromatic nitrogens is 1. The first-order valence-electron chi connectivity index (χ1n) is 17.7. The molecular formula is C37H57FN4O5SSi. The van der Waals surface area contributed by atoms with Crippen LogP contribution in [0.2, 0.25) is 18.1 Å². The molecule has 49 heavy (non-hydrogen) atoms. The normalized spacial score (nSPS) is 20.5. The fourth-order valence-corrected chi connectivity index (χ4v) is 8.22. The molecule has 9 nitrogen and oxygen atoms in total. The van der Waals surface area contributed by atoms with Crippen LogP contribution in [-0.2, 0) is 18.8 Å². The number of thiazole rings is 1. The van der Waals surface area contributed by atoms with Gasteiger partial charge in [-0.3, -0.25) is 14.4 Å². The molecule has 1 saturated carbocycles. The van der Waals surface area contributed by atoms with Crippen molar-refractivity contribution in [3.8, 4) is 10.4 Å². The molecule has 1 aromatic carbocycles. The molecule has 2 aromatic rings. The van der Waals surface area contributed by atoms with Crippen molar-refractivity contribution in [2.75, 3.05) is 13.2 Å². The van der Waals surface area contributed by atoms with Crippen molar-refractivity contribution < 1.29 is 28.3 Å². The van der Waals surface area contributed by atoms with Crippen LogP contribution in [0.25, 0.3) is 10.4 Å². The largest absolute Gasteiger partial charge is 0.412 e. The van der Waals surface area contributed by atoms with Crippen molar-refractivity contribution in [2.24, 2.45) is 5.41 Å². The van der Waals surface area contributed by atoms with E-state index in [9.17, 15) is 23.9 Å². The van der Waals surface area contributed by atoms with Crippen LogP contribution >= 0.6 is 11.3 Å². The molecule has 1 aliphatic carbocycles. The van der Waals surface area contributed by atoms with E-state index in [4.69, 9.17) is 4.43 Å². The minimum atomic E-state index is -2.26. The Morgan fingerprint density at radius 2 is 1.73 bits per heavy atom. The van der Waals surface area contributed by atoms with Crippen LogP contribution < -0.4 is 10.6 Å². The number of benzene rings is 1. The summed E-state index contributed by atoms with van der Waals surface area (Å²) in [5.41, 5.74) is 2.14. The van der Waals surface area contributed by atoms with E-state index in [1.807, 2.05) is 57.5 Å². The highest BCUT2D eigenvalue weighted by atomic mass is 32.1. The van der Waals surface area contributed by atoms with E-state index in [1.165, 1.54) is 0 Å². The first-order chi connectivity index (χ1) is 22.8. The number of nitrogens with one attached hydrogen (secondary N) is 2. The Kier molecular flexibility index (Phi) is 12.2. The highest BCUT2D eigenvalue weighted by Gasteiger charge is 2.54. The van der Waals surface area contributed by atoms with Crippen LogP contribution in [0.3, 0.4) is 0 Å². The summed E-state index contributed by atoms with van der Waals surface area (Å²) in [7, 11) is -2.26. The fraction of sp³-hybridized carbons (Fsp3) is 0.676. The second-order valence-corrected chi connectivity index (χ2v) is 22.1. The lowest BCUT2D eigenvalue weighted by atomic mass is 9.85. The summed E-state index contributed by atoms with van der Waals surface area (Å²) in [5.74, 6) is -1.46. The predicted octanol–water partition coefficient (Wildman–Crippen LogP) is 6.85. The Morgan fingerprint density at radius 3 is 2.27 bits per heavy atom. The van der Waals surface area contributed by atoms with Gasteiger partial charge >= 0.3 is 0 Å². The van der Waals surface area contributed by atoms with Gasteiger partial charge < -0.3 is 25.1 Å². The third kappa shape index (κ3) is 9.56. The number of nitrogens with zero attached hydrogens (tertiary/aromatic N) is 2. The number of aryl methyl sites for hydroxylation is 1. The van der Waals surface area contributed by atoms with Crippen LogP contribution in [0.15, 0.2) is 29.8 Å². The zero-order chi connectivity index (χ0) is 36.4. The molecule has 4 atom stereocenters.